The van der Waals surface area contributed by atoms with Gasteiger partial charge in [-0.05, 0) is 67.7 Å². The number of rotatable bonds is 7. The van der Waals surface area contributed by atoms with Crippen LogP contribution in [0, 0.1) is 11.8 Å². The number of alkyl halides is 3. The van der Waals surface area contributed by atoms with Crippen molar-refractivity contribution in [3.05, 3.63) is 69.7 Å². The summed E-state index contributed by atoms with van der Waals surface area (Å²) in [7, 11) is 4.47. The Balaban J connectivity index is 1.65. The molecular formula is C31H32F3N3O8. The number of aliphatic hydroxyl groups is 3. The molecule has 1 amide bonds. The lowest BCUT2D eigenvalue weighted by Gasteiger charge is -2.50. The first kappa shape index (κ1) is 32.0. The van der Waals surface area contributed by atoms with Crippen molar-refractivity contribution >= 4 is 17.5 Å². The van der Waals surface area contributed by atoms with Gasteiger partial charge < -0.3 is 36.2 Å². The van der Waals surface area contributed by atoms with Crippen molar-refractivity contribution in [1.82, 2.24) is 10.2 Å². The largest absolute Gasteiger partial charge is 0.510 e. The van der Waals surface area contributed by atoms with Crippen molar-refractivity contribution in [3.8, 4) is 22.6 Å². The second kappa shape index (κ2) is 11.2. The van der Waals surface area contributed by atoms with E-state index in [0.717, 1.165) is 0 Å². The fourth-order valence-corrected chi connectivity index (χ4v) is 6.93. The molecule has 7 N–H and O–H groups in total. The number of phenols is 1. The number of hydrogen-bond acceptors (Lipinski definition) is 10. The van der Waals surface area contributed by atoms with Gasteiger partial charge in [0.15, 0.2) is 11.4 Å². The molecule has 240 valence electrons. The Morgan fingerprint density at radius 3 is 2.42 bits per heavy atom. The number of aromatic hydroxyl groups is 1. The van der Waals surface area contributed by atoms with Gasteiger partial charge in [0.1, 0.15) is 28.6 Å². The molecular weight excluding hydrogens is 599 g/mol. The minimum absolute atomic E-state index is 0.0258. The Morgan fingerprint density at radius 2 is 1.82 bits per heavy atom. The quantitative estimate of drug-likeness (QED) is 0.248. The molecule has 0 saturated carbocycles. The molecule has 2 aromatic carbocycles. The van der Waals surface area contributed by atoms with E-state index in [1.165, 1.54) is 32.2 Å². The average Bonchev–Trinajstić information content (AvgIpc) is 2.94. The van der Waals surface area contributed by atoms with Crippen molar-refractivity contribution in [2.45, 2.75) is 37.2 Å². The topological polar surface area (TPSA) is 183 Å². The first-order valence-corrected chi connectivity index (χ1v) is 14.0. The molecule has 45 heavy (non-hydrogen) atoms. The highest BCUT2D eigenvalue weighted by atomic mass is 19.4. The fourth-order valence-electron chi connectivity index (χ4n) is 6.93. The van der Waals surface area contributed by atoms with E-state index in [2.05, 4.69) is 5.32 Å². The first-order valence-electron chi connectivity index (χ1n) is 14.0. The van der Waals surface area contributed by atoms with Crippen LogP contribution in [-0.4, -0.2) is 88.4 Å². The highest BCUT2D eigenvalue weighted by molar-refractivity contribution is 6.25. The van der Waals surface area contributed by atoms with E-state index in [4.69, 9.17) is 10.5 Å². The molecule has 0 saturated heterocycles. The molecule has 0 aliphatic heterocycles. The van der Waals surface area contributed by atoms with Crippen LogP contribution >= 0.6 is 0 Å². The SMILES string of the molecule is COc1ccc(CNCC(F)(F)F)cc1-c1ccc(O)c2c1C[C@H]1C[C@@H]3[C@@H](N(C)C)C(O)=C(C(N)=O)C(=O)[C@]3(O)C(O)=C1C2=O. The molecule has 0 unspecified atom stereocenters. The minimum Gasteiger partial charge on any atom is -0.510 e. The van der Waals surface area contributed by atoms with Crippen molar-refractivity contribution in [2.75, 3.05) is 27.7 Å². The number of fused-ring (bicyclic) bond motifs is 3. The van der Waals surface area contributed by atoms with Gasteiger partial charge in [0.05, 0.1) is 25.3 Å². The minimum atomic E-state index is -4.41. The summed E-state index contributed by atoms with van der Waals surface area (Å²) in [6.07, 6.45) is -4.48. The molecule has 0 heterocycles. The molecule has 3 aliphatic rings. The number of primary amides is 1. The zero-order valence-corrected chi connectivity index (χ0v) is 24.5. The normalized spacial score (nSPS) is 24.8. The van der Waals surface area contributed by atoms with Crippen molar-refractivity contribution in [2.24, 2.45) is 17.6 Å². The standard InChI is InChI=1S/C31H32F3N3O8/c1-37(2)24-18-10-14-9-17-15(16-8-13(4-7-20(16)45-3)11-36-12-30(32,33)34)5-6-19(38)22(17)25(39)21(14)27(41)31(18,44)28(42)23(26(24)40)29(35)43/h4-8,14,18,24,36,38,40-41,44H,9-12H2,1-3H3,(H2,35,43)/t14-,18+,24+,31+/m0/s1. The second-order valence-corrected chi connectivity index (χ2v) is 11.7. The predicted molar refractivity (Wildman–Crippen MR) is 153 cm³/mol. The number of carbonyl (C=O) groups is 3. The average molecular weight is 632 g/mol. The number of aliphatic hydroxyl groups excluding tert-OH is 2. The number of halogens is 3. The summed E-state index contributed by atoms with van der Waals surface area (Å²) >= 11 is 0. The third-order valence-electron chi connectivity index (χ3n) is 8.81. The van der Waals surface area contributed by atoms with E-state index in [1.54, 1.807) is 24.3 Å². The van der Waals surface area contributed by atoms with E-state index < -0.39 is 76.5 Å². The van der Waals surface area contributed by atoms with Crippen LogP contribution in [0.15, 0.2) is 53.0 Å². The number of benzene rings is 2. The van der Waals surface area contributed by atoms with Gasteiger partial charge in [0, 0.05) is 23.6 Å². The van der Waals surface area contributed by atoms with E-state index in [9.17, 15) is 48.0 Å². The van der Waals surface area contributed by atoms with Gasteiger partial charge >= 0.3 is 6.18 Å². The maximum atomic E-state index is 14.0. The summed E-state index contributed by atoms with van der Waals surface area (Å²) in [5.74, 6) is -7.27. The number of carbonyl (C=O) groups excluding carboxylic acids is 3. The molecule has 0 spiro atoms. The summed E-state index contributed by atoms with van der Waals surface area (Å²) in [6, 6.07) is 6.42. The van der Waals surface area contributed by atoms with Gasteiger partial charge in [-0.1, -0.05) is 12.1 Å². The Kier molecular flexibility index (Phi) is 7.96. The molecule has 4 atom stereocenters. The highest BCUT2D eigenvalue weighted by Crippen LogP contribution is 2.53. The predicted octanol–water partition coefficient (Wildman–Crippen LogP) is 2.45. The first-order chi connectivity index (χ1) is 21.0. The van der Waals surface area contributed by atoms with Crippen molar-refractivity contribution in [3.63, 3.8) is 0 Å². The van der Waals surface area contributed by atoms with Crippen molar-refractivity contribution < 1.29 is 52.7 Å². The highest BCUT2D eigenvalue weighted by Gasteiger charge is 2.63. The van der Waals surface area contributed by atoms with Crippen LogP contribution in [-0.2, 0) is 22.6 Å². The maximum Gasteiger partial charge on any atom is 0.401 e. The number of hydrogen-bond donors (Lipinski definition) is 6. The monoisotopic (exact) mass is 631 g/mol. The molecule has 0 radical (unpaired) electrons. The summed E-state index contributed by atoms with van der Waals surface area (Å²) in [6.45, 7) is -1.32. The number of phenolic OH excluding ortho intramolecular Hbond substituents is 1. The number of methoxy groups -OCH3 is 1. The molecule has 0 bridgehead atoms. The Hall–Kier alpha value is -4.40. The van der Waals surface area contributed by atoms with E-state index in [1.807, 2.05) is 0 Å². The number of nitrogens with zero attached hydrogens (tertiary/aromatic N) is 1. The summed E-state index contributed by atoms with van der Waals surface area (Å²) in [4.78, 5) is 41.1. The van der Waals surface area contributed by atoms with Gasteiger partial charge in [-0.15, -0.1) is 0 Å². The maximum absolute atomic E-state index is 14.0. The molecule has 0 fully saturated rings. The van der Waals surface area contributed by atoms with Crippen LogP contribution in [0.5, 0.6) is 11.5 Å². The lowest BCUT2D eigenvalue weighted by Crippen LogP contribution is -2.63. The van der Waals surface area contributed by atoms with Crippen LogP contribution in [0.2, 0.25) is 0 Å². The van der Waals surface area contributed by atoms with Crippen LogP contribution in [0.3, 0.4) is 0 Å². The number of ether oxygens (including phenoxy) is 1. The van der Waals surface area contributed by atoms with Gasteiger partial charge in [0.2, 0.25) is 5.78 Å². The van der Waals surface area contributed by atoms with Crippen LogP contribution in [0.4, 0.5) is 13.2 Å². The smallest absolute Gasteiger partial charge is 0.401 e. The third-order valence-corrected chi connectivity index (χ3v) is 8.81. The number of amides is 1. The number of likely N-dealkylation sites (N-methyl/N-ethyl adjacent to an activating group) is 1. The summed E-state index contributed by atoms with van der Waals surface area (Å²) < 4.78 is 43.6. The Bertz CT molecular complexity index is 1680. The second-order valence-electron chi connectivity index (χ2n) is 11.7. The lowest BCUT2D eigenvalue weighted by atomic mass is 9.58. The van der Waals surface area contributed by atoms with E-state index in [-0.39, 0.29) is 30.5 Å². The van der Waals surface area contributed by atoms with Crippen LogP contribution in [0.25, 0.3) is 11.1 Å². The number of nitrogens with one attached hydrogen (secondary N) is 1. The molecule has 11 nitrogen and oxygen atoms in total. The van der Waals surface area contributed by atoms with Gasteiger partial charge in [0.25, 0.3) is 5.91 Å². The number of nitrogens with two attached hydrogens (primary N) is 1. The van der Waals surface area contributed by atoms with Gasteiger partial charge in [-0.3, -0.25) is 19.3 Å². The third kappa shape index (κ3) is 5.12. The van der Waals surface area contributed by atoms with Crippen LogP contribution in [0.1, 0.15) is 27.9 Å². The number of allylic oxidation sites excluding steroid dienone is 1. The van der Waals surface area contributed by atoms with Crippen molar-refractivity contribution in [1.29, 1.82) is 0 Å². The van der Waals surface area contributed by atoms with Crippen LogP contribution < -0.4 is 15.8 Å². The molecule has 14 heteroatoms. The zero-order valence-electron chi connectivity index (χ0n) is 24.5. The Labute approximate surface area is 255 Å². The summed E-state index contributed by atoms with van der Waals surface area (Å²) in [5, 5.41) is 47.4. The summed E-state index contributed by atoms with van der Waals surface area (Å²) in [5.41, 5.74) is 2.91. The molecule has 5 rings (SSSR count). The number of Topliss-reactive ketones (excluding diaryl/α,β-unsaturated/α-hetero) is 2. The Morgan fingerprint density at radius 1 is 1.13 bits per heavy atom. The molecule has 3 aliphatic carbocycles. The van der Waals surface area contributed by atoms with Gasteiger partial charge in [-0.25, -0.2) is 0 Å². The number of ketones is 2. The fraction of sp³-hybridized carbons (Fsp3) is 0.387. The lowest BCUT2D eigenvalue weighted by molar-refractivity contribution is -0.148. The van der Waals surface area contributed by atoms with Gasteiger partial charge in [-0.2, -0.15) is 13.2 Å². The molecule has 0 aromatic heterocycles. The molecule has 2 aromatic rings. The van der Waals surface area contributed by atoms with E-state index >= 15 is 0 Å². The zero-order chi connectivity index (χ0) is 33.2. The van der Waals surface area contributed by atoms with E-state index in [0.29, 0.717) is 28.0 Å².